The van der Waals surface area contributed by atoms with Gasteiger partial charge in [0.2, 0.25) is 0 Å². The lowest BCUT2D eigenvalue weighted by Gasteiger charge is -2.42. The molecule has 18 heavy (non-hydrogen) atoms. The molecule has 0 amide bonds. The lowest BCUT2D eigenvalue weighted by atomic mass is 9.97. The highest BCUT2D eigenvalue weighted by atomic mass is 16.5. The fraction of sp³-hybridized carbons (Fsp3) is 1.00. The van der Waals surface area contributed by atoms with E-state index in [1.54, 1.807) is 0 Å². The van der Waals surface area contributed by atoms with Crippen LogP contribution >= 0.6 is 0 Å². The van der Waals surface area contributed by atoms with Gasteiger partial charge in [-0.05, 0) is 46.6 Å². The molecule has 3 nitrogen and oxygen atoms in total. The topological polar surface area (TPSA) is 24.5 Å². The lowest BCUT2D eigenvalue weighted by molar-refractivity contribution is -0.0368. The van der Waals surface area contributed by atoms with Crippen LogP contribution in [0.5, 0.6) is 0 Å². The third-order valence-electron chi connectivity index (χ3n) is 4.05. The van der Waals surface area contributed by atoms with Gasteiger partial charge in [0.05, 0.1) is 13.2 Å². The minimum absolute atomic E-state index is 0.211. The normalized spacial score (nSPS) is 26.0. The molecule has 0 bridgehead atoms. The number of rotatable bonds is 5. The molecule has 1 saturated heterocycles. The van der Waals surface area contributed by atoms with E-state index in [-0.39, 0.29) is 5.54 Å². The Morgan fingerprint density at radius 2 is 2.00 bits per heavy atom. The average molecular weight is 256 g/mol. The van der Waals surface area contributed by atoms with E-state index in [0.717, 1.165) is 26.3 Å². The number of ether oxygens (including phenoxy) is 1. The van der Waals surface area contributed by atoms with Crippen molar-refractivity contribution < 1.29 is 4.74 Å². The highest BCUT2D eigenvalue weighted by Gasteiger charge is 2.29. The Bertz CT molecular complexity index is 237. The first kappa shape index (κ1) is 15.9. The smallest absolute Gasteiger partial charge is 0.0622 e. The van der Waals surface area contributed by atoms with Crippen LogP contribution in [0.15, 0.2) is 0 Å². The molecule has 0 spiro atoms. The molecule has 0 radical (unpaired) electrons. The molecular formula is C15H32N2O. The van der Waals surface area contributed by atoms with Crippen LogP contribution in [0.4, 0.5) is 0 Å². The van der Waals surface area contributed by atoms with Crippen LogP contribution in [0.1, 0.15) is 48.0 Å². The van der Waals surface area contributed by atoms with Gasteiger partial charge in [-0.1, -0.05) is 13.8 Å². The maximum Gasteiger partial charge on any atom is 0.0622 e. The Morgan fingerprint density at radius 1 is 1.33 bits per heavy atom. The summed E-state index contributed by atoms with van der Waals surface area (Å²) in [6, 6.07) is 1.22. The molecule has 3 heteroatoms. The van der Waals surface area contributed by atoms with Gasteiger partial charge < -0.3 is 10.1 Å². The first-order valence-electron chi connectivity index (χ1n) is 7.43. The molecule has 0 aromatic rings. The minimum atomic E-state index is 0.211. The molecule has 0 aliphatic carbocycles. The molecule has 1 heterocycles. The quantitative estimate of drug-likeness (QED) is 0.818. The minimum Gasteiger partial charge on any atom is -0.378 e. The van der Waals surface area contributed by atoms with Gasteiger partial charge in [0.1, 0.15) is 0 Å². The fourth-order valence-electron chi connectivity index (χ4n) is 2.52. The van der Waals surface area contributed by atoms with Crippen molar-refractivity contribution in [1.82, 2.24) is 10.2 Å². The molecule has 108 valence electrons. The Labute approximate surface area is 113 Å². The largest absolute Gasteiger partial charge is 0.378 e. The third kappa shape index (κ3) is 4.87. The highest BCUT2D eigenvalue weighted by molar-refractivity contribution is 4.83. The van der Waals surface area contributed by atoms with E-state index < -0.39 is 0 Å². The van der Waals surface area contributed by atoms with E-state index in [4.69, 9.17) is 4.74 Å². The van der Waals surface area contributed by atoms with Gasteiger partial charge >= 0.3 is 0 Å². The fourth-order valence-corrected chi connectivity index (χ4v) is 2.52. The van der Waals surface area contributed by atoms with E-state index in [2.05, 4.69) is 51.8 Å². The van der Waals surface area contributed by atoms with Gasteiger partial charge in [-0.15, -0.1) is 0 Å². The summed E-state index contributed by atoms with van der Waals surface area (Å²) < 4.78 is 5.59. The molecule has 0 aromatic carbocycles. The molecule has 3 unspecified atom stereocenters. The summed E-state index contributed by atoms with van der Waals surface area (Å²) in [5.41, 5.74) is 0.211. The van der Waals surface area contributed by atoms with Crippen molar-refractivity contribution in [3.63, 3.8) is 0 Å². The zero-order valence-electron chi connectivity index (χ0n) is 13.1. The maximum atomic E-state index is 5.59. The number of hydrogen-bond donors (Lipinski definition) is 1. The molecule has 0 saturated carbocycles. The second kappa shape index (κ2) is 6.88. The van der Waals surface area contributed by atoms with Crippen molar-refractivity contribution in [2.75, 3.05) is 26.3 Å². The van der Waals surface area contributed by atoms with Crippen LogP contribution in [0.25, 0.3) is 0 Å². The van der Waals surface area contributed by atoms with Gasteiger partial charge in [0.15, 0.2) is 0 Å². The van der Waals surface area contributed by atoms with E-state index in [0.29, 0.717) is 18.0 Å². The molecule has 0 aromatic heterocycles. The van der Waals surface area contributed by atoms with E-state index >= 15 is 0 Å². The van der Waals surface area contributed by atoms with E-state index in [1.807, 2.05) is 0 Å². The predicted molar refractivity (Wildman–Crippen MR) is 78.0 cm³/mol. The van der Waals surface area contributed by atoms with Crippen molar-refractivity contribution in [3.8, 4) is 0 Å². The summed E-state index contributed by atoms with van der Waals surface area (Å²) in [6.45, 7) is 17.6. The second-order valence-electron chi connectivity index (χ2n) is 6.72. The second-order valence-corrected chi connectivity index (χ2v) is 6.72. The maximum absolute atomic E-state index is 5.59. The first-order valence-corrected chi connectivity index (χ1v) is 7.43. The van der Waals surface area contributed by atoms with Crippen molar-refractivity contribution in [2.24, 2.45) is 5.92 Å². The Kier molecular flexibility index (Phi) is 6.09. The summed E-state index contributed by atoms with van der Waals surface area (Å²) in [7, 11) is 0. The van der Waals surface area contributed by atoms with Crippen LogP contribution in [0, 0.1) is 5.92 Å². The summed E-state index contributed by atoms with van der Waals surface area (Å²) >= 11 is 0. The summed E-state index contributed by atoms with van der Waals surface area (Å²) in [5, 5.41) is 3.62. The number of hydrogen-bond acceptors (Lipinski definition) is 3. The van der Waals surface area contributed by atoms with Gasteiger partial charge in [-0.3, -0.25) is 4.90 Å². The van der Waals surface area contributed by atoms with Crippen LogP contribution in [-0.2, 0) is 4.74 Å². The predicted octanol–water partition coefficient (Wildman–Crippen LogP) is 2.51. The molecule has 1 rings (SSSR count). The van der Waals surface area contributed by atoms with Gasteiger partial charge in [0, 0.05) is 24.2 Å². The van der Waals surface area contributed by atoms with E-state index in [9.17, 15) is 0 Å². The Morgan fingerprint density at radius 3 is 2.56 bits per heavy atom. The van der Waals surface area contributed by atoms with Gasteiger partial charge in [-0.2, -0.15) is 0 Å². The van der Waals surface area contributed by atoms with Gasteiger partial charge in [0.25, 0.3) is 0 Å². The summed E-state index contributed by atoms with van der Waals surface area (Å²) in [6.07, 6.45) is 1.18. The number of morpholine rings is 1. The molecule has 1 N–H and O–H groups in total. The van der Waals surface area contributed by atoms with Crippen LogP contribution in [0.3, 0.4) is 0 Å². The summed E-state index contributed by atoms with van der Waals surface area (Å²) in [5.74, 6) is 0.663. The third-order valence-corrected chi connectivity index (χ3v) is 4.05. The van der Waals surface area contributed by atoms with Crippen molar-refractivity contribution >= 4 is 0 Å². The molecule has 1 aliphatic heterocycles. The van der Waals surface area contributed by atoms with Crippen molar-refractivity contribution in [3.05, 3.63) is 0 Å². The average Bonchev–Trinajstić information content (AvgIpc) is 2.34. The highest BCUT2D eigenvalue weighted by Crippen LogP contribution is 2.19. The number of nitrogens with zero attached hydrogens (tertiary/aromatic N) is 1. The zero-order valence-corrected chi connectivity index (χ0v) is 13.1. The Hall–Kier alpha value is -0.120. The van der Waals surface area contributed by atoms with Crippen LogP contribution < -0.4 is 5.32 Å². The van der Waals surface area contributed by atoms with Crippen LogP contribution in [-0.4, -0.2) is 48.8 Å². The van der Waals surface area contributed by atoms with Crippen LogP contribution in [0.2, 0.25) is 0 Å². The molecule has 1 aliphatic rings. The zero-order chi connectivity index (χ0) is 13.8. The Balaban J connectivity index is 2.48. The first-order chi connectivity index (χ1) is 8.35. The molecular weight excluding hydrogens is 224 g/mol. The van der Waals surface area contributed by atoms with E-state index in [1.165, 1.54) is 6.42 Å². The monoisotopic (exact) mass is 256 g/mol. The lowest BCUT2D eigenvalue weighted by Crippen LogP contribution is -2.53. The molecule has 3 atom stereocenters. The summed E-state index contributed by atoms with van der Waals surface area (Å²) in [4.78, 5) is 2.64. The molecule has 1 fully saturated rings. The van der Waals surface area contributed by atoms with Gasteiger partial charge in [-0.25, -0.2) is 0 Å². The number of nitrogens with one attached hydrogen (secondary N) is 1. The van der Waals surface area contributed by atoms with Crippen molar-refractivity contribution in [1.29, 1.82) is 0 Å². The van der Waals surface area contributed by atoms with Crippen molar-refractivity contribution in [2.45, 2.75) is 65.6 Å². The SMILES string of the molecule is CCC1COCCN1C(C)C(C)CNC(C)(C)C. The standard InChI is InChI=1S/C15H32N2O/c1-7-14-11-18-9-8-17(14)13(3)12(2)10-16-15(4,5)6/h12-14,16H,7-11H2,1-6H3.